The van der Waals surface area contributed by atoms with Gasteiger partial charge >= 0.3 is 7.82 Å². The largest absolute Gasteiger partial charge is 0.472 e. The van der Waals surface area contributed by atoms with E-state index < -0.39 is 20.0 Å². The third kappa shape index (κ3) is 45.0. The second-order valence-electron chi connectivity index (χ2n) is 18.9. The zero-order chi connectivity index (χ0) is 44.3. The van der Waals surface area contributed by atoms with Gasteiger partial charge in [-0.3, -0.25) is 13.8 Å². The second kappa shape index (κ2) is 43.2. The molecule has 3 atom stereocenters. The number of nitrogens with one attached hydrogen (secondary N) is 1. The van der Waals surface area contributed by atoms with E-state index in [0.717, 1.165) is 38.5 Å². The van der Waals surface area contributed by atoms with Crippen molar-refractivity contribution in [3.05, 3.63) is 24.3 Å². The van der Waals surface area contributed by atoms with E-state index in [4.69, 9.17) is 9.05 Å². The third-order valence-corrected chi connectivity index (χ3v) is 12.6. The number of carbonyl (C=O) groups is 1. The van der Waals surface area contributed by atoms with Crippen molar-refractivity contribution >= 4 is 13.7 Å². The predicted molar refractivity (Wildman–Crippen MR) is 258 cm³/mol. The molecule has 8 nitrogen and oxygen atoms in total. The highest BCUT2D eigenvalue weighted by atomic mass is 31.2. The van der Waals surface area contributed by atoms with E-state index >= 15 is 0 Å². The van der Waals surface area contributed by atoms with Crippen LogP contribution in [-0.4, -0.2) is 73.4 Å². The summed E-state index contributed by atoms with van der Waals surface area (Å²) in [6.07, 6.45) is 52.9. The number of unbranched alkanes of at least 4 members (excludes halogenated alkanes) is 32. The minimum Gasteiger partial charge on any atom is -0.387 e. The van der Waals surface area contributed by atoms with Gasteiger partial charge in [-0.2, -0.15) is 0 Å². The molecular weight excluding hydrogens is 768 g/mol. The van der Waals surface area contributed by atoms with E-state index in [2.05, 4.69) is 31.3 Å². The summed E-state index contributed by atoms with van der Waals surface area (Å²) in [7, 11) is 1.58. The number of quaternary nitrogens is 1. The fourth-order valence-electron chi connectivity index (χ4n) is 7.57. The molecule has 0 saturated carbocycles. The molecule has 3 N–H and O–H groups in total. The first-order chi connectivity index (χ1) is 29.0. The number of aliphatic hydroxyl groups is 1. The lowest BCUT2D eigenvalue weighted by atomic mass is 10.0. The highest BCUT2D eigenvalue weighted by molar-refractivity contribution is 7.47. The van der Waals surface area contributed by atoms with Gasteiger partial charge in [-0.1, -0.05) is 218 Å². The second-order valence-corrected chi connectivity index (χ2v) is 20.4. The summed E-state index contributed by atoms with van der Waals surface area (Å²) in [5.41, 5.74) is 0. The van der Waals surface area contributed by atoms with Crippen molar-refractivity contribution in [2.75, 3.05) is 40.9 Å². The molecule has 0 saturated heterocycles. The van der Waals surface area contributed by atoms with Crippen LogP contribution in [0.5, 0.6) is 0 Å². The number of likely N-dealkylation sites (N-methyl/N-ethyl adjacent to an activating group) is 1. The van der Waals surface area contributed by atoms with Crippen molar-refractivity contribution in [1.29, 1.82) is 0 Å². The Morgan fingerprint density at radius 1 is 0.550 bits per heavy atom. The number of aliphatic hydroxyl groups excluding tert-OH is 1. The van der Waals surface area contributed by atoms with Gasteiger partial charge in [0.15, 0.2) is 0 Å². The van der Waals surface area contributed by atoms with Gasteiger partial charge in [-0.05, 0) is 44.9 Å². The Labute approximate surface area is 373 Å². The highest BCUT2D eigenvalue weighted by Crippen LogP contribution is 2.43. The predicted octanol–water partition coefficient (Wildman–Crippen LogP) is 14.9. The van der Waals surface area contributed by atoms with Gasteiger partial charge in [0.2, 0.25) is 5.91 Å². The van der Waals surface area contributed by atoms with E-state index in [-0.39, 0.29) is 19.1 Å². The molecule has 0 fully saturated rings. The summed E-state index contributed by atoms with van der Waals surface area (Å²) in [5, 5.41) is 13.8. The molecule has 0 aromatic rings. The van der Waals surface area contributed by atoms with Gasteiger partial charge in [0.25, 0.3) is 0 Å². The number of amides is 1. The lowest BCUT2D eigenvalue weighted by Crippen LogP contribution is -2.45. The van der Waals surface area contributed by atoms with Crippen LogP contribution in [0.25, 0.3) is 0 Å². The van der Waals surface area contributed by atoms with Gasteiger partial charge in [0, 0.05) is 6.42 Å². The first kappa shape index (κ1) is 59.0. The van der Waals surface area contributed by atoms with Crippen LogP contribution < -0.4 is 5.32 Å². The molecule has 0 aromatic carbocycles. The van der Waals surface area contributed by atoms with E-state index in [1.807, 2.05) is 27.2 Å². The maximum absolute atomic E-state index is 12.9. The van der Waals surface area contributed by atoms with Crippen LogP contribution in [0.15, 0.2) is 24.3 Å². The van der Waals surface area contributed by atoms with Crippen molar-refractivity contribution in [3.63, 3.8) is 0 Å². The average molecular weight is 870 g/mol. The standard InChI is InChI=1S/C51H101N2O6P/c1-6-8-10-12-14-16-17-18-19-20-21-22-23-24-25-26-27-28-29-30-31-32-33-34-35-37-39-41-43-45-51(55)52-49(48-59-60(56,57)58-47-46-53(3,4)5)50(54)44-42-40-38-36-15-13-11-9-7-2/h24-25,42,44,49-50,54H,6-23,26-41,43,45-48H2,1-5H3,(H-,52,55,56,57)/p+1/b25-24-,44-42+. The monoisotopic (exact) mass is 870 g/mol. The Balaban J connectivity index is 4.00. The molecule has 0 radical (unpaired) electrons. The van der Waals surface area contributed by atoms with Crippen LogP contribution in [0.1, 0.15) is 245 Å². The summed E-state index contributed by atoms with van der Waals surface area (Å²) < 4.78 is 23.5. The van der Waals surface area contributed by atoms with Gasteiger partial charge in [-0.25, -0.2) is 4.57 Å². The molecule has 356 valence electrons. The fraction of sp³-hybridized carbons (Fsp3) is 0.902. The molecule has 0 aliphatic carbocycles. The van der Waals surface area contributed by atoms with Gasteiger partial charge in [-0.15, -0.1) is 0 Å². The summed E-state index contributed by atoms with van der Waals surface area (Å²) in [6.45, 7) is 4.80. The quantitative estimate of drug-likeness (QED) is 0.0243. The average Bonchev–Trinajstić information content (AvgIpc) is 3.20. The molecule has 0 bridgehead atoms. The summed E-state index contributed by atoms with van der Waals surface area (Å²) in [4.78, 5) is 23.1. The molecule has 0 aromatic heterocycles. The van der Waals surface area contributed by atoms with Gasteiger partial charge in [0.1, 0.15) is 13.2 Å². The van der Waals surface area contributed by atoms with Crippen molar-refractivity contribution in [1.82, 2.24) is 5.32 Å². The SMILES string of the molecule is CCCCCCCCC/C=C/C(O)C(COP(=O)(O)OCC[N+](C)(C)C)NC(=O)CCCCCCCCCCCCCCC/C=C\CCCCCCCCCCCCCC. The Hall–Kier alpha value is -1.02. The molecule has 9 heteroatoms. The lowest BCUT2D eigenvalue weighted by molar-refractivity contribution is -0.870. The minimum absolute atomic E-state index is 0.0627. The van der Waals surface area contributed by atoms with Crippen LogP contribution in [0.3, 0.4) is 0 Å². The molecular formula is C51H102N2O6P+. The van der Waals surface area contributed by atoms with Crippen LogP contribution in [0.2, 0.25) is 0 Å². The van der Waals surface area contributed by atoms with Crippen LogP contribution in [0, 0.1) is 0 Å². The number of phosphoric acid groups is 1. The lowest BCUT2D eigenvalue weighted by Gasteiger charge is -2.25. The molecule has 0 rings (SSSR count). The number of rotatable bonds is 47. The van der Waals surface area contributed by atoms with Crippen molar-refractivity contribution in [3.8, 4) is 0 Å². The molecule has 0 spiro atoms. The Kier molecular flexibility index (Phi) is 42.5. The summed E-state index contributed by atoms with van der Waals surface area (Å²) in [5.74, 6) is -0.177. The topological polar surface area (TPSA) is 105 Å². The van der Waals surface area contributed by atoms with Crippen molar-refractivity contribution in [2.24, 2.45) is 0 Å². The first-order valence-electron chi connectivity index (χ1n) is 25.7. The summed E-state index contributed by atoms with van der Waals surface area (Å²) >= 11 is 0. The Morgan fingerprint density at radius 2 is 0.900 bits per heavy atom. The smallest absolute Gasteiger partial charge is 0.387 e. The maximum Gasteiger partial charge on any atom is 0.472 e. The molecule has 1 amide bonds. The molecule has 0 aliphatic rings. The molecule has 0 aliphatic heterocycles. The normalized spacial score (nSPS) is 14.3. The van der Waals surface area contributed by atoms with E-state index in [1.54, 1.807) is 6.08 Å². The summed E-state index contributed by atoms with van der Waals surface area (Å²) in [6, 6.07) is -0.842. The third-order valence-electron chi connectivity index (χ3n) is 11.7. The highest BCUT2D eigenvalue weighted by Gasteiger charge is 2.27. The van der Waals surface area contributed by atoms with Gasteiger partial charge in [0.05, 0.1) is 39.9 Å². The number of phosphoric ester groups is 1. The zero-order valence-electron chi connectivity index (χ0n) is 40.5. The van der Waals surface area contributed by atoms with Crippen LogP contribution in [0.4, 0.5) is 0 Å². The van der Waals surface area contributed by atoms with E-state index in [0.29, 0.717) is 17.4 Å². The fourth-order valence-corrected chi connectivity index (χ4v) is 8.30. The van der Waals surface area contributed by atoms with Crippen LogP contribution >= 0.6 is 7.82 Å². The Morgan fingerprint density at radius 3 is 1.28 bits per heavy atom. The van der Waals surface area contributed by atoms with Crippen molar-refractivity contribution < 1.29 is 32.9 Å². The maximum atomic E-state index is 12.9. The van der Waals surface area contributed by atoms with E-state index in [9.17, 15) is 19.4 Å². The minimum atomic E-state index is -4.33. The van der Waals surface area contributed by atoms with E-state index in [1.165, 1.54) is 186 Å². The number of nitrogens with zero attached hydrogens (tertiary/aromatic N) is 1. The number of hydrogen-bond acceptors (Lipinski definition) is 5. The van der Waals surface area contributed by atoms with Crippen LogP contribution in [-0.2, 0) is 18.4 Å². The van der Waals surface area contributed by atoms with Gasteiger partial charge < -0.3 is 19.8 Å². The number of hydrogen-bond donors (Lipinski definition) is 3. The van der Waals surface area contributed by atoms with Crippen molar-refractivity contribution in [2.45, 2.75) is 257 Å². The Bertz CT molecular complexity index is 1030. The molecule has 0 heterocycles. The number of allylic oxidation sites excluding steroid dienone is 3. The first-order valence-corrected chi connectivity index (χ1v) is 27.2. The molecule has 60 heavy (non-hydrogen) atoms. The molecule has 3 unspecified atom stereocenters. The zero-order valence-corrected chi connectivity index (χ0v) is 41.4. The number of carbonyl (C=O) groups excluding carboxylic acids is 1.